The Morgan fingerprint density at radius 2 is 1.88 bits per heavy atom. The Morgan fingerprint density at radius 1 is 1.21 bits per heavy atom. The minimum absolute atomic E-state index is 0.0136. The molecular weight excluding hydrogens is 326 g/mol. The Hall–Kier alpha value is -1.40. The molecule has 0 bridgehead atoms. The number of ether oxygens (including phenoxy) is 1. The summed E-state index contributed by atoms with van der Waals surface area (Å²) in [5.41, 5.74) is 1.03. The normalized spacial score (nSPS) is 27.7. The van der Waals surface area contributed by atoms with E-state index in [4.69, 9.17) is 4.74 Å². The fourth-order valence-corrected chi connectivity index (χ4v) is 6.09. The molecule has 0 unspecified atom stereocenters. The first kappa shape index (κ1) is 17.4. The largest absolute Gasteiger partial charge is 0.469 e. The zero-order chi connectivity index (χ0) is 17.3. The van der Waals surface area contributed by atoms with Crippen molar-refractivity contribution in [3.8, 4) is 0 Å². The summed E-state index contributed by atoms with van der Waals surface area (Å²) in [6, 6.07) is 6.68. The number of carbonyl (C=O) groups is 1. The van der Waals surface area contributed by atoms with E-state index in [-0.39, 0.29) is 24.5 Å². The van der Waals surface area contributed by atoms with Gasteiger partial charge in [-0.25, -0.2) is 8.42 Å². The first-order chi connectivity index (χ1) is 11.4. The molecule has 24 heavy (non-hydrogen) atoms. The first-order valence-electron chi connectivity index (χ1n) is 8.60. The van der Waals surface area contributed by atoms with Crippen molar-refractivity contribution < 1.29 is 17.9 Å². The minimum Gasteiger partial charge on any atom is -0.469 e. The van der Waals surface area contributed by atoms with Crippen LogP contribution in [0.25, 0.3) is 0 Å². The molecule has 6 heteroatoms. The Labute approximate surface area is 144 Å². The average molecular weight is 351 g/mol. The van der Waals surface area contributed by atoms with Gasteiger partial charge >= 0.3 is 5.97 Å². The van der Waals surface area contributed by atoms with E-state index in [1.165, 1.54) is 7.11 Å². The van der Waals surface area contributed by atoms with Crippen molar-refractivity contribution in [2.75, 3.05) is 7.11 Å². The van der Waals surface area contributed by atoms with Crippen LogP contribution in [0.1, 0.15) is 44.1 Å². The Morgan fingerprint density at radius 3 is 2.54 bits per heavy atom. The van der Waals surface area contributed by atoms with E-state index in [0.29, 0.717) is 10.8 Å². The molecule has 1 aliphatic heterocycles. The number of hydrogen-bond donors (Lipinski definition) is 0. The SMILES string of the molecule is COC(=O)C[C@@H]1C[C@@H]2CCCC[C@@H]2N1S(=O)(=O)c1ccc(C)cc1. The van der Waals surface area contributed by atoms with Crippen LogP contribution in [0, 0.1) is 12.8 Å². The van der Waals surface area contributed by atoms with Crippen LogP contribution in [0.3, 0.4) is 0 Å². The summed E-state index contributed by atoms with van der Waals surface area (Å²) in [5.74, 6) is 0.0105. The average Bonchev–Trinajstić information content (AvgIpc) is 2.93. The quantitative estimate of drug-likeness (QED) is 0.783. The van der Waals surface area contributed by atoms with Gasteiger partial charge in [-0.1, -0.05) is 30.5 Å². The lowest BCUT2D eigenvalue weighted by atomic mass is 9.85. The second kappa shape index (κ2) is 6.84. The van der Waals surface area contributed by atoms with Crippen molar-refractivity contribution >= 4 is 16.0 Å². The highest BCUT2D eigenvalue weighted by Gasteiger charge is 2.48. The van der Waals surface area contributed by atoms with Crippen molar-refractivity contribution in [3.05, 3.63) is 29.8 Å². The first-order valence-corrected chi connectivity index (χ1v) is 10.0. The van der Waals surface area contributed by atoms with Crippen LogP contribution in [0.4, 0.5) is 0 Å². The summed E-state index contributed by atoms with van der Waals surface area (Å²) in [6.07, 6.45) is 5.01. The highest BCUT2D eigenvalue weighted by atomic mass is 32.2. The molecule has 0 aromatic heterocycles. The van der Waals surface area contributed by atoms with Crippen LogP contribution in [0.15, 0.2) is 29.2 Å². The molecule has 0 spiro atoms. The Balaban J connectivity index is 1.95. The number of methoxy groups -OCH3 is 1. The van der Waals surface area contributed by atoms with Crippen molar-refractivity contribution in [2.45, 2.75) is 62.4 Å². The smallest absolute Gasteiger partial charge is 0.307 e. The van der Waals surface area contributed by atoms with Gasteiger partial charge in [0.1, 0.15) is 0 Å². The van der Waals surface area contributed by atoms with E-state index in [2.05, 4.69) is 0 Å². The molecule has 1 aromatic rings. The maximum atomic E-state index is 13.3. The molecule has 5 nitrogen and oxygen atoms in total. The number of nitrogens with zero attached hydrogens (tertiary/aromatic N) is 1. The predicted molar refractivity (Wildman–Crippen MR) is 91.0 cm³/mol. The van der Waals surface area contributed by atoms with E-state index in [0.717, 1.165) is 37.7 Å². The molecule has 3 atom stereocenters. The topological polar surface area (TPSA) is 63.7 Å². The lowest BCUT2D eigenvalue weighted by Crippen LogP contribution is -2.43. The van der Waals surface area contributed by atoms with E-state index in [1.807, 2.05) is 19.1 Å². The maximum Gasteiger partial charge on any atom is 0.307 e. The van der Waals surface area contributed by atoms with Gasteiger partial charge in [0.15, 0.2) is 0 Å². The van der Waals surface area contributed by atoms with E-state index < -0.39 is 10.0 Å². The molecule has 2 aliphatic rings. The van der Waals surface area contributed by atoms with E-state index in [9.17, 15) is 13.2 Å². The number of esters is 1. The van der Waals surface area contributed by atoms with Crippen LogP contribution in [-0.4, -0.2) is 37.9 Å². The van der Waals surface area contributed by atoms with E-state index in [1.54, 1.807) is 16.4 Å². The van der Waals surface area contributed by atoms with Crippen LogP contribution in [-0.2, 0) is 19.6 Å². The molecule has 1 saturated heterocycles. The third kappa shape index (κ3) is 3.22. The van der Waals surface area contributed by atoms with E-state index >= 15 is 0 Å². The third-order valence-corrected chi connectivity index (χ3v) is 7.35. The van der Waals surface area contributed by atoms with Crippen molar-refractivity contribution in [1.29, 1.82) is 0 Å². The zero-order valence-electron chi connectivity index (χ0n) is 14.3. The second-order valence-electron chi connectivity index (χ2n) is 6.93. The van der Waals surface area contributed by atoms with Crippen LogP contribution < -0.4 is 0 Å². The van der Waals surface area contributed by atoms with Crippen LogP contribution in [0.2, 0.25) is 0 Å². The van der Waals surface area contributed by atoms with Crippen molar-refractivity contribution in [3.63, 3.8) is 0 Å². The van der Waals surface area contributed by atoms with Crippen molar-refractivity contribution in [2.24, 2.45) is 5.92 Å². The lowest BCUT2D eigenvalue weighted by molar-refractivity contribution is -0.141. The summed E-state index contributed by atoms with van der Waals surface area (Å²) in [5, 5.41) is 0. The van der Waals surface area contributed by atoms with Gasteiger partial charge in [-0.2, -0.15) is 4.31 Å². The number of rotatable bonds is 4. The molecule has 0 N–H and O–H groups in total. The third-order valence-electron chi connectivity index (χ3n) is 5.36. The molecule has 1 heterocycles. The van der Waals surface area contributed by atoms with Gasteiger partial charge in [0.25, 0.3) is 0 Å². The van der Waals surface area contributed by atoms with Gasteiger partial charge in [-0.3, -0.25) is 4.79 Å². The molecule has 0 radical (unpaired) electrons. The molecule has 1 saturated carbocycles. The fraction of sp³-hybridized carbons (Fsp3) is 0.611. The summed E-state index contributed by atoms with van der Waals surface area (Å²) < 4.78 is 32.9. The molecule has 1 aromatic carbocycles. The highest BCUT2D eigenvalue weighted by Crippen LogP contribution is 2.43. The second-order valence-corrected chi connectivity index (χ2v) is 8.77. The van der Waals surface area contributed by atoms with Gasteiger partial charge in [0.2, 0.25) is 10.0 Å². The standard InChI is InChI=1S/C18H25NO4S/c1-13-7-9-16(10-8-13)24(21,22)19-15(12-18(20)23-2)11-14-5-3-4-6-17(14)19/h7-10,14-15,17H,3-6,11-12H2,1-2H3/t14-,15-,17-/m0/s1. The zero-order valence-corrected chi connectivity index (χ0v) is 15.1. The summed E-state index contributed by atoms with van der Waals surface area (Å²) in [6.45, 7) is 1.93. The van der Waals surface area contributed by atoms with Gasteiger partial charge in [0.05, 0.1) is 18.4 Å². The number of hydrogen-bond acceptors (Lipinski definition) is 4. The molecular formula is C18H25NO4S. The molecule has 2 fully saturated rings. The van der Waals surface area contributed by atoms with Gasteiger partial charge in [0, 0.05) is 12.1 Å². The summed E-state index contributed by atoms with van der Waals surface area (Å²) >= 11 is 0. The number of aryl methyl sites for hydroxylation is 1. The minimum atomic E-state index is -3.60. The molecule has 0 amide bonds. The molecule has 1 aliphatic carbocycles. The van der Waals surface area contributed by atoms with Crippen LogP contribution >= 0.6 is 0 Å². The molecule has 3 rings (SSSR count). The lowest BCUT2D eigenvalue weighted by Gasteiger charge is -2.33. The molecule has 132 valence electrons. The summed E-state index contributed by atoms with van der Waals surface area (Å²) in [7, 11) is -2.25. The number of carbonyl (C=O) groups excluding carboxylic acids is 1. The number of fused-ring (bicyclic) bond motifs is 1. The monoisotopic (exact) mass is 351 g/mol. The summed E-state index contributed by atoms with van der Waals surface area (Å²) in [4.78, 5) is 12.1. The highest BCUT2D eigenvalue weighted by molar-refractivity contribution is 7.89. The number of benzene rings is 1. The van der Waals surface area contributed by atoms with Gasteiger partial charge < -0.3 is 4.74 Å². The predicted octanol–water partition coefficient (Wildman–Crippen LogP) is 2.88. The van der Waals surface area contributed by atoms with Crippen molar-refractivity contribution in [1.82, 2.24) is 4.31 Å². The Bertz CT molecular complexity index is 698. The Kier molecular flexibility index (Phi) is 4.97. The van der Waals surface area contributed by atoms with Gasteiger partial charge in [-0.15, -0.1) is 0 Å². The number of sulfonamides is 1. The van der Waals surface area contributed by atoms with Crippen LogP contribution in [0.5, 0.6) is 0 Å². The maximum absolute atomic E-state index is 13.3. The van der Waals surface area contributed by atoms with Gasteiger partial charge in [-0.05, 0) is 44.2 Å². The fourth-order valence-electron chi connectivity index (χ4n) is 4.18.